The van der Waals surface area contributed by atoms with Crippen LogP contribution in [0.4, 0.5) is 0 Å². The van der Waals surface area contributed by atoms with Crippen molar-refractivity contribution in [1.82, 2.24) is 5.16 Å². The van der Waals surface area contributed by atoms with Crippen LogP contribution in [0.15, 0.2) is 10.6 Å². The van der Waals surface area contributed by atoms with E-state index >= 15 is 0 Å². The zero-order chi connectivity index (χ0) is 11.5. The molecule has 0 aliphatic heterocycles. The van der Waals surface area contributed by atoms with Gasteiger partial charge in [-0.2, -0.15) is 0 Å². The highest BCUT2D eigenvalue weighted by Crippen LogP contribution is 2.36. The van der Waals surface area contributed by atoms with Gasteiger partial charge in [0.15, 0.2) is 8.32 Å². The van der Waals surface area contributed by atoms with E-state index in [4.69, 9.17) is 8.95 Å². The van der Waals surface area contributed by atoms with Crippen LogP contribution >= 0.6 is 0 Å². The average Bonchev–Trinajstić information content (AvgIpc) is 2.54. The van der Waals surface area contributed by atoms with Crippen LogP contribution in [-0.4, -0.2) is 20.1 Å². The van der Waals surface area contributed by atoms with Crippen molar-refractivity contribution in [3.05, 3.63) is 18.0 Å². The molecular weight excluding hydrogens is 206 g/mol. The lowest BCUT2D eigenvalue weighted by molar-refractivity contribution is 0.273. The lowest BCUT2D eigenvalue weighted by atomic mass is 10.2. The molecule has 0 aromatic carbocycles. The summed E-state index contributed by atoms with van der Waals surface area (Å²) < 4.78 is 11.0. The molecule has 0 N–H and O–H groups in total. The van der Waals surface area contributed by atoms with E-state index in [1.54, 1.807) is 6.07 Å². The Labute approximate surface area is 92.9 Å². The molecule has 1 heterocycles. The maximum atomic E-state index is 6.00. The highest BCUT2D eigenvalue weighted by atomic mass is 28.4. The average molecular weight is 226 g/mol. The predicted molar refractivity (Wildman–Crippen MR) is 62.2 cm³/mol. The number of hydrogen-bond acceptors (Lipinski definition) is 3. The van der Waals surface area contributed by atoms with Crippen molar-refractivity contribution in [2.45, 2.75) is 45.3 Å². The van der Waals surface area contributed by atoms with Crippen LogP contribution in [0.1, 0.15) is 26.5 Å². The van der Waals surface area contributed by atoms with Gasteiger partial charge in [-0.1, -0.05) is 25.9 Å². The van der Waals surface area contributed by atoms with Crippen LogP contribution in [0.2, 0.25) is 18.1 Å². The number of rotatable bonds is 4. The molecule has 0 spiro atoms. The standard InChI is InChI=1S/C11H20NO2Si/c1-11(2,3)15(4,5)13-9-7-10-6-8-12-14-10/h6H,7,9H2,1-5H3. The number of nitrogens with zero attached hydrogens (tertiary/aromatic N) is 1. The van der Waals surface area contributed by atoms with Crippen molar-refractivity contribution in [3.63, 3.8) is 0 Å². The third kappa shape index (κ3) is 3.46. The van der Waals surface area contributed by atoms with Crippen LogP contribution in [-0.2, 0) is 10.8 Å². The first-order valence-corrected chi connectivity index (χ1v) is 8.19. The number of hydrogen-bond donors (Lipinski definition) is 0. The molecule has 0 saturated carbocycles. The SMILES string of the molecule is CC(C)(C)[Si](C)(C)OCCc1c[c]no1. The van der Waals surface area contributed by atoms with Gasteiger partial charge in [-0.25, -0.2) is 0 Å². The molecule has 0 saturated heterocycles. The monoisotopic (exact) mass is 226 g/mol. The van der Waals surface area contributed by atoms with E-state index in [2.05, 4.69) is 45.2 Å². The van der Waals surface area contributed by atoms with Gasteiger partial charge in [-0.15, -0.1) is 0 Å². The van der Waals surface area contributed by atoms with Gasteiger partial charge in [0.25, 0.3) is 0 Å². The normalized spacial score (nSPS) is 13.1. The van der Waals surface area contributed by atoms with E-state index in [-0.39, 0.29) is 5.04 Å². The fourth-order valence-electron chi connectivity index (χ4n) is 0.951. The number of aromatic nitrogens is 1. The zero-order valence-electron chi connectivity index (χ0n) is 10.3. The molecule has 0 unspecified atom stereocenters. The van der Waals surface area contributed by atoms with Crippen molar-refractivity contribution in [2.75, 3.05) is 6.61 Å². The Morgan fingerprint density at radius 1 is 1.47 bits per heavy atom. The smallest absolute Gasteiger partial charge is 0.191 e. The highest BCUT2D eigenvalue weighted by molar-refractivity contribution is 6.74. The van der Waals surface area contributed by atoms with Crippen LogP contribution in [0, 0.1) is 6.20 Å². The maximum Gasteiger partial charge on any atom is 0.191 e. The van der Waals surface area contributed by atoms with Gasteiger partial charge in [0.2, 0.25) is 0 Å². The summed E-state index contributed by atoms with van der Waals surface area (Å²) in [7, 11) is -1.61. The Balaban J connectivity index is 2.37. The van der Waals surface area contributed by atoms with Crippen molar-refractivity contribution in [3.8, 4) is 0 Å². The Bertz CT molecular complexity index is 288. The Kier molecular flexibility index (Phi) is 3.73. The summed E-state index contributed by atoms with van der Waals surface area (Å²) in [6.07, 6.45) is 3.43. The third-order valence-corrected chi connectivity index (χ3v) is 7.60. The summed E-state index contributed by atoms with van der Waals surface area (Å²) in [5.41, 5.74) is 0. The van der Waals surface area contributed by atoms with Gasteiger partial charge in [-0.05, 0) is 18.1 Å². The fraction of sp³-hybridized carbons (Fsp3) is 0.727. The van der Waals surface area contributed by atoms with E-state index in [1.807, 2.05) is 0 Å². The molecule has 0 fully saturated rings. The van der Waals surface area contributed by atoms with Gasteiger partial charge in [-0.3, -0.25) is 0 Å². The van der Waals surface area contributed by atoms with E-state index in [0.717, 1.165) is 12.2 Å². The van der Waals surface area contributed by atoms with E-state index in [1.165, 1.54) is 0 Å². The quantitative estimate of drug-likeness (QED) is 0.740. The molecule has 0 aliphatic carbocycles. The molecule has 15 heavy (non-hydrogen) atoms. The summed E-state index contributed by atoms with van der Waals surface area (Å²) in [5.74, 6) is 0.841. The first-order chi connectivity index (χ1) is 6.83. The fourth-order valence-corrected chi connectivity index (χ4v) is 2.00. The summed E-state index contributed by atoms with van der Waals surface area (Å²) in [6.45, 7) is 11.9. The molecule has 0 aliphatic rings. The lowest BCUT2D eigenvalue weighted by Gasteiger charge is -2.36. The van der Waals surface area contributed by atoms with E-state index in [0.29, 0.717) is 6.61 Å². The minimum Gasteiger partial charge on any atom is -0.416 e. The summed E-state index contributed by atoms with van der Waals surface area (Å²) in [5, 5.41) is 3.81. The predicted octanol–water partition coefficient (Wildman–Crippen LogP) is 3.04. The van der Waals surface area contributed by atoms with E-state index < -0.39 is 8.32 Å². The topological polar surface area (TPSA) is 35.3 Å². The van der Waals surface area contributed by atoms with Crippen molar-refractivity contribution < 1.29 is 8.95 Å². The minimum atomic E-state index is -1.61. The van der Waals surface area contributed by atoms with Gasteiger partial charge in [0, 0.05) is 19.1 Å². The summed E-state index contributed by atoms with van der Waals surface area (Å²) in [6, 6.07) is 1.76. The summed E-state index contributed by atoms with van der Waals surface area (Å²) in [4.78, 5) is 0. The van der Waals surface area contributed by atoms with Crippen molar-refractivity contribution in [1.29, 1.82) is 0 Å². The first-order valence-electron chi connectivity index (χ1n) is 5.28. The molecular formula is C11H20NO2Si. The molecule has 0 atom stereocenters. The van der Waals surface area contributed by atoms with Crippen molar-refractivity contribution in [2.24, 2.45) is 0 Å². The molecule has 0 amide bonds. The van der Waals surface area contributed by atoms with Gasteiger partial charge in [0.1, 0.15) is 12.0 Å². The zero-order valence-corrected chi connectivity index (χ0v) is 11.3. The lowest BCUT2D eigenvalue weighted by Crippen LogP contribution is -2.41. The molecule has 1 aromatic heterocycles. The second-order valence-corrected chi connectivity index (χ2v) is 10.1. The first kappa shape index (κ1) is 12.5. The second-order valence-electron chi connectivity index (χ2n) is 5.28. The van der Waals surface area contributed by atoms with Crippen LogP contribution in [0.25, 0.3) is 0 Å². The molecule has 0 bridgehead atoms. The van der Waals surface area contributed by atoms with Gasteiger partial charge in [0.05, 0.1) is 0 Å². The Morgan fingerprint density at radius 2 is 2.13 bits per heavy atom. The molecule has 3 nitrogen and oxygen atoms in total. The van der Waals surface area contributed by atoms with Gasteiger partial charge < -0.3 is 8.95 Å². The maximum absolute atomic E-state index is 6.00. The Morgan fingerprint density at radius 3 is 2.60 bits per heavy atom. The van der Waals surface area contributed by atoms with Crippen LogP contribution in [0.3, 0.4) is 0 Å². The highest BCUT2D eigenvalue weighted by Gasteiger charge is 2.36. The van der Waals surface area contributed by atoms with Crippen LogP contribution < -0.4 is 0 Å². The Hall–Kier alpha value is -0.613. The molecule has 85 valence electrons. The van der Waals surface area contributed by atoms with Crippen molar-refractivity contribution >= 4 is 8.32 Å². The molecule has 4 heteroatoms. The van der Waals surface area contributed by atoms with Gasteiger partial charge >= 0.3 is 0 Å². The molecule has 1 aromatic rings. The third-order valence-electron chi connectivity index (χ3n) is 3.06. The molecule has 1 radical (unpaired) electrons. The van der Waals surface area contributed by atoms with Crippen LogP contribution in [0.5, 0.6) is 0 Å². The summed E-state index contributed by atoms with van der Waals surface area (Å²) >= 11 is 0. The second kappa shape index (κ2) is 4.49. The molecule has 1 rings (SSSR count). The largest absolute Gasteiger partial charge is 0.416 e. The van der Waals surface area contributed by atoms with E-state index in [9.17, 15) is 0 Å². The minimum absolute atomic E-state index is 0.264.